The Kier molecular flexibility index (Phi) is 7.11. The first-order chi connectivity index (χ1) is 14.7. The van der Waals surface area contributed by atoms with Crippen molar-refractivity contribution in [2.75, 3.05) is 4.72 Å². The maximum Gasteiger partial charge on any atom is 0.271 e. The number of hydrazine groups is 1. The molecule has 160 valence electrons. The summed E-state index contributed by atoms with van der Waals surface area (Å²) in [6, 6.07) is 13.4. The average molecular weight is 479 g/mol. The molecule has 0 aliphatic carbocycles. The highest BCUT2D eigenvalue weighted by Gasteiger charge is 2.16. The van der Waals surface area contributed by atoms with E-state index in [0.29, 0.717) is 16.8 Å². The van der Waals surface area contributed by atoms with Gasteiger partial charge < -0.3 is 0 Å². The largest absolute Gasteiger partial charge is 0.280 e. The highest BCUT2D eigenvalue weighted by atomic mass is 35.5. The van der Waals surface area contributed by atoms with Crippen LogP contribution in [0.4, 0.5) is 5.69 Å². The Balaban J connectivity index is 1.56. The molecule has 0 unspecified atom stereocenters. The van der Waals surface area contributed by atoms with Gasteiger partial charge in [0.1, 0.15) is 0 Å². The number of carbonyl (C=O) groups excluding carboxylic acids is 2. The summed E-state index contributed by atoms with van der Waals surface area (Å²) in [4.78, 5) is 27.7. The van der Waals surface area contributed by atoms with Crippen molar-refractivity contribution in [2.45, 2.75) is 11.3 Å². The molecule has 0 bridgehead atoms. The van der Waals surface area contributed by atoms with Crippen molar-refractivity contribution in [1.82, 2.24) is 15.8 Å². The molecule has 0 atom stereocenters. The van der Waals surface area contributed by atoms with Gasteiger partial charge in [-0.2, -0.15) is 0 Å². The van der Waals surface area contributed by atoms with Crippen LogP contribution < -0.4 is 15.6 Å². The van der Waals surface area contributed by atoms with Crippen LogP contribution in [0.5, 0.6) is 0 Å². The van der Waals surface area contributed by atoms with Gasteiger partial charge in [-0.1, -0.05) is 35.3 Å². The van der Waals surface area contributed by atoms with Gasteiger partial charge in [-0.05, 0) is 48.0 Å². The number of benzene rings is 2. The number of pyridine rings is 1. The summed E-state index contributed by atoms with van der Waals surface area (Å²) in [5.41, 5.74) is 5.84. The van der Waals surface area contributed by atoms with Crippen LogP contribution in [-0.2, 0) is 21.2 Å². The molecule has 0 saturated carbocycles. The molecule has 0 spiro atoms. The maximum absolute atomic E-state index is 12.5. The summed E-state index contributed by atoms with van der Waals surface area (Å²) in [7, 11) is -3.86. The van der Waals surface area contributed by atoms with Gasteiger partial charge in [-0.15, -0.1) is 0 Å². The number of rotatable bonds is 6. The fraction of sp³-hybridized carbons (Fsp3) is 0.0500. The van der Waals surface area contributed by atoms with Crippen molar-refractivity contribution in [3.8, 4) is 0 Å². The van der Waals surface area contributed by atoms with Gasteiger partial charge in [0.15, 0.2) is 0 Å². The summed E-state index contributed by atoms with van der Waals surface area (Å²) in [6.45, 7) is 0. The monoisotopic (exact) mass is 478 g/mol. The molecule has 3 aromatic rings. The Morgan fingerprint density at radius 1 is 0.935 bits per heavy atom. The first kappa shape index (κ1) is 22.5. The predicted molar refractivity (Wildman–Crippen MR) is 117 cm³/mol. The molecule has 2 aromatic carbocycles. The summed E-state index contributed by atoms with van der Waals surface area (Å²) < 4.78 is 27.4. The molecule has 2 amide bonds. The molecular formula is C20H16Cl2N4O4S. The van der Waals surface area contributed by atoms with Crippen molar-refractivity contribution in [2.24, 2.45) is 0 Å². The van der Waals surface area contributed by atoms with Gasteiger partial charge in [0.25, 0.3) is 15.9 Å². The van der Waals surface area contributed by atoms with Crippen LogP contribution in [0.3, 0.4) is 0 Å². The normalized spacial score (nSPS) is 10.9. The van der Waals surface area contributed by atoms with Crippen LogP contribution in [0.15, 0.2) is 71.9 Å². The Morgan fingerprint density at radius 2 is 1.68 bits per heavy atom. The zero-order valence-electron chi connectivity index (χ0n) is 15.8. The molecule has 8 nitrogen and oxygen atoms in total. The van der Waals surface area contributed by atoms with E-state index in [1.165, 1.54) is 42.7 Å². The Bertz CT molecular complexity index is 1200. The SMILES string of the molecule is O=C(Cc1ccc(NS(=O)(=O)c2ccc(Cl)c(Cl)c2)cc1)NNC(=O)c1cccnc1. The second kappa shape index (κ2) is 9.78. The Morgan fingerprint density at radius 3 is 2.32 bits per heavy atom. The molecule has 0 aliphatic heterocycles. The molecule has 3 rings (SSSR count). The third-order valence-electron chi connectivity index (χ3n) is 4.01. The lowest BCUT2D eigenvalue weighted by Crippen LogP contribution is -2.42. The van der Waals surface area contributed by atoms with E-state index in [-0.39, 0.29) is 21.4 Å². The lowest BCUT2D eigenvalue weighted by Gasteiger charge is -2.10. The van der Waals surface area contributed by atoms with E-state index >= 15 is 0 Å². The lowest BCUT2D eigenvalue weighted by molar-refractivity contribution is -0.121. The van der Waals surface area contributed by atoms with E-state index in [2.05, 4.69) is 20.6 Å². The van der Waals surface area contributed by atoms with Crippen LogP contribution in [-0.4, -0.2) is 25.2 Å². The third-order valence-corrected chi connectivity index (χ3v) is 6.13. The van der Waals surface area contributed by atoms with Crippen LogP contribution in [0, 0.1) is 0 Å². The summed E-state index contributed by atoms with van der Waals surface area (Å²) in [5, 5.41) is 0.376. The molecule has 3 N–H and O–H groups in total. The average Bonchev–Trinajstić information content (AvgIpc) is 2.75. The number of amides is 2. The highest BCUT2D eigenvalue weighted by Crippen LogP contribution is 2.26. The molecular weight excluding hydrogens is 463 g/mol. The lowest BCUT2D eigenvalue weighted by atomic mass is 10.1. The Labute approximate surface area is 188 Å². The van der Waals surface area contributed by atoms with E-state index in [4.69, 9.17) is 23.2 Å². The van der Waals surface area contributed by atoms with E-state index in [1.54, 1.807) is 24.3 Å². The molecule has 1 heterocycles. The number of nitrogens with zero attached hydrogens (tertiary/aromatic N) is 1. The first-order valence-corrected chi connectivity index (χ1v) is 11.0. The predicted octanol–water partition coefficient (Wildman–Crippen LogP) is 3.19. The van der Waals surface area contributed by atoms with Crippen molar-refractivity contribution in [1.29, 1.82) is 0 Å². The van der Waals surface area contributed by atoms with Gasteiger partial charge in [0.05, 0.1) is 26.9 Å². The summed E-state index contributed by atoms with van der Waals surface area (Å²) >= 11 is 11.7. The number of halogens is 2. The van der Waals surface area contributed by atoms with Crippen molar-refractivity contribution >= 4 is 50.7 Å². The molecule has 0 radical (unpaired) electrons. The minimum atomic E-state index is -3.86. The number of sulfonamides is 1. The fourth-order valence-electron chi connectivity index (χ4n) is 2.47. The van der Waals surface area contributed by atoms with Crippen molar-refractivity contribution in [3.63, 3.8) is 0 Å². The topological polar surface area (TPSA) is 117 Å². The minimum absolute atomic E-state index is 0.0207. The van der Waals surface area contributed by atoms with E-state index < -0.39 is 21.8 Å². The maximum atomic E-state index is 12.5. The number of carbonyl (C=O) groups is 2. The van der Waals surface area contributed by atoms with Gasteiger partial charge in [0.2, 0.25) is 5.91 Å². The quantitative estimate of drug-likeness (QED) is 0.470. The van der Waals surface area contributed by atoms with Gasteiger partial charge in [-0.3, -0.25) is 30.1 Å². The van der Waals surface area contributed by atoms with Gasteiger partial charge >= 0.3 is 0 Å². The zero-order chi connectivity index (χ0) is 22.4. The van der Waals surface area contributed by atoms with Crippen LogP contribution >= 0.6 is 23.2 Å². The number of aromatic nitrogens is 1. The van der Waals surface area contributed by atoms with Gasteiger partial charge in [0, 0.05) is 18.1 Å². The first-order valence-electron chi connectivity index (χ1n) is 8.80. The van der Waals surface area contributed by atoms with Crippen molar-refractivity contribution in [3.05, 3.63) is 88.2 Å². The van der Waals surface area contributed by atoms with E-state index in [1.807, 2.05) is 0 Å². The Hall–Kier alpha value is -3.14. The number of hydrogen-bond acceptors (Lipinski definition) is 5. The smallest absolute Gasteiger partial charge is 0.271 e. The molecule has 11 heteroatoms. The molecule has 0 aliphatic rings. The zero-order valence-corrected chi connectivity index (χ0v) is 18.1. The molecule has 31 heavy (non-hydrogen) atoms. The molecule has 0 saturated heterocycles. The molecule has 0 fully saturated rings. The fourth-order valence-corrected chi connectivity index (χ4v) is 3.92. The van der Waals surface area contributed by atoms with E-state index in [9.17, 15) is 18.0 Å². The second-order valence-corrected chi connectivity index (χ2v) is 8.80. The minimum Gasteiger partial charge on any atom is -0.280 e. The summed E-state index contributed by atoms with van der Waals surface area (Å²) in [6.07, 6.45) is 2.89. The van der Waals surface area contributed by atoms with E-state index in [0.717, 1.165) is 0 Å². The van der Waals surface area contributed by atoms with Crippen LogP contribution in [0.2, 0.25) is 10.0 Å². The van der Waals surface area contributed by atoms with Crippen LogP contribution in [0.1, 0.15) is 15.9 Å². The van der Waals surface area contributed by atoms with Gasteiger partial charge in [-0.25, -0.2) is 8.42 Å². The number of hydrogen-bond donors (Lipinski definition) is 3. The van der Waals surface area contributed by atoms with Crippen LogP contribution in [0.25, 0.3) is 0 Å². The summed E-state index contributed by atoms with van der Waals surface area (Å²) in [5.74, 6) is -0.935. The van der Waals surface area contributed by atoms with Crippen molar-refractivity contribution < 1.29 is 18.0 Å². The second-order valence-electron chi connectivity index (χ2n) is 6.30. The number of anilines is 1. The third kappa shape index (κ3) is 6.17. The molecule has 1 aromatic heterocycles. The highest BCUT2D eigenvalue weighted by molar-refractivity contribution is 7.92. The standard InChI is InChI=1S/C20H16Cl2N4O4S/c21-17-8-7-16(11-18(17)22)31(29,30)26-15-5-3-13(4-6-15)10-19(27)24-25-20(28)14-2-1-9-23-12-14/h1-9,11-12,26H,10H2,(H,24,27)(H,25,28). The number of nitrogens with one attached hydrogen (secondary N) is 3.